The number of hydrogen-bond donors (Lipinski definition) is 1. The van der Waals surface area contributed by atoms with Crippen molar-refractivity contribution in [2.24, 2.45) is 16.7 Å². The minimum atomic E-state index is -1.55. The van der Waals surface area contributed by atoms with Crippen molar-refractivity contribution in [3.05, 3.63) is 35.5 Å². The molecular weight excluding hydrogens is 400 g/mol. The molecule has 0 unspecified atom stereocenters. The fraction of sp³-hybridized carbons (Fsp3) is 0.625. The quantitative estimate of drug-likeness (QED) is 0.414. The molecule has 7 heteroatoms. The van der Waals surface area contributed by atoms with E-state index in [0.29, 0.717) is 5.57 Å². The van der Waals surface area contributed by atoms with Gasteiger partial charge in [-0.3, -0.25) is 9.59 Å². The summed E-state index contributed by atoms with van der Waals surface area (Å²) in [5, 5.41) is 11.9. The largest absolute Gasteiger partial charge is 0.458 e. The molecule has 7 nitrogen and oxygen atoms in total. The van der Waals surface area contributed by atoms with Crippen LogP contribution >= 0.6 is 0 Å². The van der Waals surface area contributed by atoms with Crippen LogP contribution < -0.4 is 0 Å². The van der Waals surface area contributed by atoms with Crippen LogP contribution in [0, 0.1) is 16.7 Å². The van der Waals surface area contributed by atoms with E-state index in [9.17, 15) is 19.5 Å². The highest BCUT2D eigenvalue weighted by Gasteiger charge is 2.69. The molecule has 1 heterocycles. The van der Waals surface area contributed by atoms with Crippen molar-refractivity contribution in [3.63, 3.8) is 0 Å². The van der Waals surface area contributed by atoms with Crippen molar-refractivity contribution >= 4 is 17.9 Å². The lowest BCUT2D eigenvalue weighted by Crippen LogP contribution is -2.72. The number of ether oxygens (including phenoxy) is 3. The lowest BCUT2D eigenvalue weighted by Gasteiger charge is -2.64. The minimum Gasteiger partial charge on any atom is -0.458 e. The highest BCUT2D eigenvalue weighted by molar-refractivity contribution is 5.86. The molecule has 170 valence electrons. The van der Waals surface area contributed by atoms with Crippen LogP contribution in [0.15, 0.2) is 35.5 Å². The van der Waals surface area contributed by atoms with Gasteiger partial charge >= 0.3 is 17.9 Å². The topological polar surface area (TPSA) is 99.1 Å². The number of aliphatic hydroxyl groups is 1. The summed E-state index contributed by atoms with van der Waals surface area (Å²) in [7, 11) is 0. The van der Waals surface area contributed by atoms with E-state index in [1.54, 1.807) is 13.0 Å². The van der Waals surface area contributed by atoms with Gasteiger partial charge in [-0.25, -0.2) is 4.79 Å². The number of esters is 3. The molecule has 1 aliphatic heterocycles. The van der Waals surface area contributed by atoms with Crippen molar-refractivity contribution in [1.82, 2.24) is 0 Å². The number of cyclic esters (lactones) is 1. The van der Waals surface area contributed by atoms with Gasteiger partial charge < -0.3 is 19.3 Å². The van der Waals surface area contributed by atoms with E-state index in [4.69, 9.17) is 14.2 Å². The molecule has 0 amide bonds. The van der Waals surface area contributed by atoms with Crippen LogP contribution in [0.2, 0.25) is 0 Å². The zero-order valence-electron chi connectivity index (χ0n) is 19.1. The SMILES string of the molecule is CC(=O)O[C@H]1[C@H](OC(C)=O)[C@](C)(O)[C@](C)(/C=C/C2=CC(=O)OC2)[C@H]2CCC=C(C)[C@]12C. The zero-order chi connectivity index (χ0) is 23.2. The molecule has 0 radical (unpaired) electrons. The van der Waals surface area contributed by atoms with E-state index in [-0.39, 0.29) is 12.5 Å². The van der Waals surface area contributed by atoms with Crippen LogP contribution in [0.5, 0.6) is 0 Å². The summed E-state index contributed by atoms with van der Waals surface area (Å²) in [4.78, 5) is 35.5. The van der Waals surface area contributed by atoms with Gasteiger partial charge in [0.1, 0.15) is 12.2 Å². The Morgan fingerprint density at radius 3 is 2.32 bits per heavy atom. The third kappa shape index (κ3) is 3.73. The molecule has 0 aromatic rings. The third-order valence-electron chi connectivity index (χ3n) is 7.63. The molecule has 3 rings (SSSR count). The van der Waals surface area contributed by atoms with Gasteiger partial charge in [0.2, 0.25) is 0 Å². The maximum absolute atomic E-state index is 12.0. The average Bonchev–Trinajstić information content (AvgIpc) is 3.08. The van der Waals surface area contributed by atoms with Crippen molar-refractivity contribution in [1.29, 1.82) is 0 Å². The summed E-state index contributed by atoms with van der Waals surface area (Å²) in [6.07, 6.45) is 6.88. The molecule has 0 spiro atoms. The molecule has 1 saturated carbocycles. The second-order valence-electron chi connectivity index (χ2n) is 9.45. The first-order valence-corrected chi connectivity index (χ1v) is 10.6. The maximum Gasteiger partial charge on any atom is 0.331 e. The van der Waals surface area contributed by atoms with E-state index >= 15 is 0 Å². The monoisotopic (exact) mass is 432 g/mol. The normalized spacial score (nSPS) is 40.0. The Labute approximate surface area is 183 Å². The minimum absolute atomic E-state index is 0.119. The van der Waals surface area contributed by atoms with E-state index in [2.05, 4.69) is 6.08 Å². The van der Waals surface area contributed by atoms with Gasteiger partial charge in [-0.2, -0.15) is 0 Å². The van der Waals surface area contributed by atoms with Crippen LogP contribution in [0.4, 0.5) is 0 Å². The van der Waals surface area contributed by atoms with E-state index in [1.165, 1.54) is 19.9 Å². The summed E-state index contributed by atoms with van der Waals surface area (Å²) in [6, 6.07) is 0. The molecule has 0 saturated heterocycles. The first-order valence-electron chi connectivity index (χ1n) is 10.6. The average molecular weight is 433 g/mol. The third-order valence-corrected chi connectivity index (χ3v) is 7.63. The van der Waals surface area contributed by atoms with Crippen LogP contribution in [0.3, 0.4) is 0 Å². The van der Waals surface area contributed by atoms with Gasteiger partial charge in [0, 0.05) is 30.8 Å². The highest BCUT2D eigenvalue weighted by Crippen LogP contribution is 2.63. The van der Waals surface area contributed by atoms with Crippen molar-refractivity contribution in [3.8, 4) is 0 Å². The maximum atomic E-state index is 12.0. The first-order chi connectivity index (χ1) is 14.3. The molecule has 6 atom stereocenters. The Hall–Kier alpha value is -2.41. The number of carbonyl (C=O) groups is 3. The zero-order valence-corrected chi connectivity index (χ0v) is 19.1. The lowest BCUT2D eigenvalue weighted by molar-refractivity contribution is -0.265. The lowest BCUT2D eigenvalue weighted by atomic mass is 9.44. The van der Waals surface area contributed by atoms with Crippen LogP contribution in [-0.2, 0) is 28.6 Å². The highest BCUT2D eigenvalue weighted by atomic mass is 16.6. The summed E-state index contributed by atoms with van der Waals surface area (Å²) >= 11 is 0. The second kappa shape index (κ2) is 7.93. The molecule has 0 bridgehead atoms. The van der Waals surface area contributed by atoms with Crippen molar-refractivity contribution < 1.29 is 33.7 Å². The van der Waals surface area contributed by atoms with Gasteiger partial charge in [-0.1, -0.05) is 37.6 Å². The van der Waals surface area contributed by atoms with Gasteiger partial charge in [0.05, 0.1) is 0 Å². The van der Waals surface area contributed by atoms with Crippen molar-refractivity contribution in [2.75, 3.05) is 6.61 Å². The fourth-order valence-electron chi connectivity index (χ4n) is 5.64. The fourth-order valence-corrected chi connectivity index (χ4v) is 5.64. The number of fused-ring (bicyclic) bond motifs is 1. The van der Waals surface area contributed by atoms with Gasteiger partial charge in [0.25, 0.3) is 0 Å². The summed E-state index contributed by atoms with van der Waals surface area (Å²) in [5.41, 5.74) is -1.34. The molecule has 31 heavy (non-hydrogen) atoms. The predicted molar refractivity (Wildman–Crippen MR) is 113 cm³/mol. The Bertz CT molecular complexity index is 880. The summed E-state index contributed by atoms with van der Waals surface area (Å²) < 4.78 is 16.4. The Morgan fingerprint density at radius 1 is 1.16 bits per heavy atom. The standard InChI is InChI=1S/C24H32O7/c1-14-8-7-9-18-22(4,11-10-17-12-19(27)29-13-17)24(6,28)21(31-16(3)26)20(23(14,18)5)30-15(2)25/h8,10-12,18,20-21,28H,7,9,13H2,1-6H3/b11-10+/t18-,20+,21+,22-,23+,24+/m1/s1. The number of allylic oxidation sites excluding steroid dienone is 1. The summed E-state index contributed by atoms with van der Waals surface area (Å²) in [6.45, 7) is 10.3. The van der Waals surface area contributed by atoms with Gasteiger partial charge in [0.15, 0.2) is 12.2 Å². The Morgan fingerprint density at radius 2 is 1.77 bits per heavy atom. The van der Waals surface area contributed by atoms with Crippen LogP contribution in [-0.4, -0.2) is 47.4 Å². The Balaban J connectivity index is 2.19. The Kier molecular flexibility index (Phi) is 5.95. The first kappa shape index (κ1) is 23.3. The van der Waals surface area contributed by atoms with Crippen LogP contribution in [0.25, 0.3) is 0 Å². The molecular formula is C24H32O7. The van der Waals surface area contributed by atoms with E-state index in [1.807, 2.05) is 26.8 Å². The number of rotatable bonds is 4. The number of hydrogen-bond acceptors (Lipinski definition) is 7. The van der Waals surface area contributed by atoms with E-state index < -0.39 is 46.5 Å². The van der Waals surface area contributed by atoms with Gasteiger partial charge in [-0.05, 0) is 38.2 Å². The van der Waals surface area contributed by atoms with Crippen LogP contribution in [0.1, 0.15) is 54.4 Å². The van der Waals surface area contributed by atoms with Crippen molar-refractivity contribution in [2.45, 2.75) is 72.2 Å². The molecule has 1 N–H and O–H groups in total. The molecule has 2 aliphatic carbocycles. The molecule has 1 fully saturated rings. The second-order valence-corrected chi connectivity index (χ2v) is 9.45. The smallest absolute Gasteiger partial charge is 0.331 e. The predicted octanol–water partition coefficient (Wildman–Crippen LogP) is 3.02. The molecule has 0 aromatic carbocycles. The van der Waals surface area contributed by atoms with E-state index in [0.717, 1.165) is 18.4 Å². The number of carbonyl (C=O) groups excluding carboxylic acids is 3. The molecule has 0 aromatic heterocycles. The van der Waals surface area contributed by atoms with Gasteiger partial charge in [-0.15, -0.1) is 0 Å². The molecule has 3 aliphatic rings. The summed E-state index contributed by atoms with van der Waals surface area (Å²) in [5.74, 6) is -1.58.